The summed E-state index contributed by atoms with van der Waals surface area (Å²) in [6.45, 7) is 0. The Kier molecular flexibility index (Phi) is 6.52. The van der Waals surface area contributed by atoms with Gasteiger partial charge in [0.25, 0.3) is 0 Å². The summed E-state index contributed by atoms with van der Waals surface area (Å²) in [5, 5.41) is 4.88. The van der Waals surface area contributed by atoms with E-state index in [-0.39, 0.29) is 0 Å². The van der Waals surface area contributed by atoms with Crippen LogP contribution in [0.25, 0.3) is 71.9 Å². The molecule has 256 valence electrons. The molecule has 3 heterocycles. The number of benzene rings is 8. The van der Waals surface area contributed by atoms with Gasteiger partial charge in [-0.25, -0.2) is 4.98 Å². The molecule has 55 heavy (non-hydrogen) atoms. The first kappa shape index (κ1) is 30.7. The molecular weight excluding hydrogens is 685 g/mol. The van der Waals surface area contributed by atoms with Crippen molar-refractivity contribution >= 4 is 44.3 Å². The molecular formula is C52H32N2S. The van der Waals surface area contributed by atoms with Gasteiger partial charge in [-0.2, -0.15) is 0 Å². The second kappa shape index (κ2) is 11.7. The van der Waals surface area contributed by atoms with E-state index in [1.54, 1.807) is 0 Å². The van der Waals surface area contributed by atoms with E-state index in [0.29, 0.717) is 0 Å². The highest BCUT2D eigenvalue weighted by atomic mass is 32.2. The predicted molar refractivity (Wildman–Crippen MR) is 228 cm³/mol. The van der Waals surface area contributed by atoms with Crippen LogP contribution in [0.1, 0.15) is 22.3 Å². The maximum Gasteiger partial charge on any atom is 0.138 e. The average molecular weight is 717 g/mol. The van der Waals surface area contributed by atoms with Crippen molar-refractivity contribution in [2.45, 2.75) is 15.2 Å². The molecule has 0 radical (unpaired) electrons. The Hall–Kier alpha value is -6.68. The van der Waals surface area contributed by atoms with Gasteiger partial charge < -0.3 is 0 Å². The Morgan fingerprint density at radius 2 is 1.05 bits per heavy atom. The monoisotopic (exact) mass is 716 g/mol. The van der Waals surface area contributed by atoms with Gasteiger partial charge in [-0.3, -0.25) is 4.57 Å². The number of nitrogens with zero attached hydrogens (tertiary/aromatic N) is 2. The highest BCUT2D eigenvalue weighted by molar-refractivity contribution is 7.99. The van der Waals surface area contributed by atoms with E-state index in [2.05, 4.69) is 199 Å². The van der Waals surface area contributed by atoms with Gasteiger partial charge in [0.1, 0.15) is 5.82 Å². The zero-order valence-electron chi connectivity index (χ0n) is 29.8. The van der Waals surface area contributed by atoms with E-state index >= 15 is 0 Å². The van der Waals surface area contributed by atoms with Crippen molar-refractivity contribution in [3.8, 4) is 39.3 Å². The lowest BCUT2D eigenvalue weighted by Crippen LogP contribution is -2.32. The van der Waals surface area contributed by atoms with E-state index in [9.17, 15) is 0 Å². The lowest BCUT2D eigenvalue weighted by Gasteiger charge is -2.39. The standard InChI is InChI=1S/C52H32N2S/c1-3-15-33(16-4-1)36-29-46(35-18-5-2-6-19-35)53-50(30-36)54-47-32-49-45(31-41(47)40-28-27-34-17-7-8-20-37(34)51(40)54)52(44-25-13-14-26-48(44)55-49)42-23-11-9-21-38(42)39-22-10-12-24-43(39)52/h1-32H. The van der Waals surface area contributed by atoms with Gasteiger partial charge in [-0.15, -0.1) is 0 Å². The largest absolute Gasteiger partial charge is 0.293 e. The molecule has 3 heteroatoms. The molecule has 0 saturated carbocycles. The molecule has 2 nitrogen and oxygen atoms in total. The van der Waals surface area contributed by atoms with Gasteiger partial charge in [0.05, 0.1) is 22.1 Å². The SMILES string of the molecule is c1ccc(-c2cc(-c3ccccc3)nc(-n3c4cc5c(cc4c4ccc6ccccc6c43)C3(c4ccccc4S5)c4ccccc4-c4ccccc43)c2)cc1. The highest BCUT2D eigenvalue weighted by Crippen LogP contribution is 2.62. The Morgan fingerprint density at radius 3 is 1.82 bits per heavy atom. The topological polar surface area (TPSA) is 17.8 Å². The molecule has 12 rings (SSSR count). The van der Waals surface area contributed by atoms with Crippen LogP contribution >= 0.6 is 11.8 Å². The van der Waals surface area contributed by atoms with Crippen molar-refractivity contribution < 1.29 is 0 Å². The van der Waals surface area contributed by atoms with Crippen LogP contribution in [-0.4, -0.2) is 9.55 Å². The Bertz CT molecular complexity index is 3070. The van der Waals surface area contributed by atoms with Crippen LogP contribution < -0.4 is 0 Å². The van der Waals surface area contributed by atoms with Gasteiger partial charge in [0, 0.05) is 31.5 Å². The maximum atomic E-state index is 5.51. The number of hydrogen-bond acceptors (Lipinski definition) is 2. The summed E-state index contributed by atoms with van der Waals surface area (Å²) < 4.78 is 2.44. The van der Waals surface area contributed by atoms with Crippen LogP contribution in [0, 0.1) is 0 Å². The molecule has 0 saturated heterocycles. The average Bonchev–Trinajstić information content (AvgIpc) is 3.74. The summed E-state index contributed by atoms with van der Waals surface area (Å²) in [5.74, 6) is 0.906. The van der Waals surface area contributed by atoms with E-state index in [1.807, 2.05) is 11.8 Å². The third kappa shape index (κ3) is 4.30. The van der Waals surface area contributed by atoms with Crippen LogP contribution in [0.5, 0.6) is 0 Å². The molecule has 1 aliphatic carbocycles. The van der Waals surface area contributed by atoms with Crippen molar-refractivity contribution in [3.63, 3.8) is 0 Å². The van der Waals surface area contributed by atoms with Crippen molar-refractivity contribution in [2.24, 2.45) is 0 Å². The molecule has 0 fully saturated rings. The third-order valence-electron chi connectivity index (χ3n) is 11.8. The Morgan fingerprint density at radius 1 is 0.418 bits per heavy atom. The van der Waals surface area contributed by atoms with Gasteiger partial charge in [0.15, 0.2) is 0 Å². The first-order valence-corrected chi connectivity index (χ1v) is 19.7. The van der Waals surface area contributed by atoms with Crippen LogP contribution in [0.3, 0.4) is 0 Å². The maximum absolute atomic E-state index is 5.51. The van der Waals surface area contributed by atoms with Crippen LogP contribution in [-0.2, 0) is 5.41 Å². The van der Waals surface area contributed by atoms with Gasteiger partial charge >= 0.3 is 0 Å². The molecule has 1 spiro atoms. The summed E-state index contributed by atoms with van der Waals surface area (Å²) in [6.07, 6.45) is 0. The van der Waals surface area contributed by atoms with E-state index in [1.165, 1.54) is 75.8 Å². The lowest BCUT2D eigenvalue weighted by atomic mass is 9.67. The van der Waals surface area contributed by atoms with Crippen molar-refractivity contribution in [1.29, 1.82) is 0 Å². The van der Waals surface area contributed by atoms with Gasteiger partial charge in [0.2, 0.25) is 0 Å². The third-order valence-corrected chi connectivity index (χ3v) is 13.0. The van der Waals surface area contributed by atoms with Crippen LogP contribution in [0.2, 0.25) is 0 Å². The zero-order chi connectivity index (χ0) is 36.1. The fourth-order valence-corrected chi connectivity index (χ4v) is 10.8. The summed E-state index contributed by atoms with van der Waals surface area (Å²) >= 11 is 1.89. The molecule has 0 unspecified atom stereocenters. The van der Waals surface area contributed by atoms with Crippen molar-refractivity contribution in [2.75, 3.05) is 0 Å². The zero-order valence-corrected chi connectivity index (χ0v) is 30.6. The van der Waals surface area contributed by atoms with Crippen LogP contribution in [0.4, 0.5) is 0 Å². The quantitative estimate of drug-likeness (QED) is 0.181. The first-order chi connectivity index (χ1) is 27.3. The molecule has 0 N–H and O–H groups in total. The molecule has 2 aromatic heterocycles. The molecule has 8 aromatic carbocycles. The van der Waals surface area contributed by atoms with Gasteiger partial charge in [-0.05, 0) is 80.2 Å². The molecule has 0 bridgehead atoms. The normalized spacial score (nSPS) is 13.5. The number of fused-ring (bicyclic) bond motifs is 14. The number of aromatic nitrogens is 2. The fraction of sp³-hybridized carbons (Fsp3) is 0.0192. The second-order valence-corrected chi connectivity index (χ2v) is 15.7. The molecule has 0 amide bonds. The first-order valence-electron chi connectivity index (χ1n) is 18.9. The van der Waals surface area contributed by atoms with E-state index in [4.69, 9.17) is 4.98 Å². The highest BCUT2D eigenvalue weighted by Gasteiger charge is 2.50. The Labute approximate surface area is 323 Å². The number of pyridine rings is 1. The summed E-state index contributed by atoms with van der Waals surface area (Å²) in [5.41, 5.74) is 14.3. The summed E-state index contributed by atoms with van der Waals surface area (Å²) in [4.78, 5) is 8.08. The number of rotatable bonds is 3. The van der Waals surface area contributed by atoms with Crippen molar-refractivity contribution in [3.05, 3.63) is 216 Å². The minimum absolute atomic E-state index is 0.449. The molecule has 10 aromatic rings. The minimum atomic E-state index is -0.449. The molecule has 2 aliphatic rings. The van der Waals surface area contributed by atoms with Crippen molar-refractivity contribution in [1.82, 2.24) is 9.55 Å². The minimum Gasteiger partial charge on any atom is -0.293 e. The predicted octanol–water partition coefficient (Wildman–Crippen LogP) is 13.5. The summed E-state index contributed by atoms with van der Waals surface area (Å²) in [7, 11) is 0. The second-order valence-electron chi connectivity index (χ2n) is 14.7. The summed E-state index contributed by atoms with van der Waals surface area (Å²) in [6, 6.07) is 71.3. The fourth-order valence-electron chi connectivity index (χ4n) is 9.55. The van der Waals surface area contributed by atoms with E-state index in [0.717, 1.165) is 28.2 Å². The van der Waals surface area contributed by atoms with Gasteiger partial charge in [-0.1, -0.05) is 176 Å². The molecule has 1 aliphatic heterocycles. The van der Waals surface area contributed by atoms with Crippen LogP contribution in [0.15, 0.2) is 204 Å². The van der Waals surface area contributed by atoms with E-state index < -0.39 is 5.41 Å². The molecule has 0 atom stereocenters. The number of hydrogen-bond donors (Lipinski definition) is 0. The lowest BCUT2D eigenvalue weighted by molar-refractivity contribution is 0.724. The Balaban J connectivity index is 1.23. The smallest absolute Gasteiger partial charge is 0.138 e.